The van der Waals surface area contributed by atoms with Gasteiger partial charge in [0.1, 0.15) is 6.61 Å². The Morgan fingerprint density at radius 2 is 1.56 bits per heavy atom. The van der Waals surface area contributed by atoms with Crippen LogP contribution in [0.15, 0.2) is 48.5 Å². The largest absolute Gasteiger partial charge is 0.448 e. The number of ether oxygens (including phenoxy) is 1. The summed E-state index contributed by atoms with van der Waals surface area (Å²) in [5.74, 6) is 0.0897. The van der Waals surface area contributed by atoms with Crippen LogP contribution in [0.3, 0.4) is 0 Å². The second-order valence-electron chi connectivity index (χ2n) is 8.50. The third-order valence-electron chi connectivity index (χ3n) is 6.52. The Labute approximate surface area is 159 Å². The molecule has 27 heavy (non-hydrogen) atoms. The molecule has 0 radical (unpaired) electrons. The van der Waals surface area contributed by atoms with Crippen molar-refractivity contribution in [2.45, 2.75) is 56.2 Å². The van der Waals surface area contributed by atoms with Crippen LogP contribution in [0.4, 0.5) is 4.79 Å². The molecule has 0 aromatic heterocycles. The number of aliphatic hydroxyl groups is 1. The third kappa shape index (κ3) is 2.74. The van der Waals surface area contributed by atoms with Crippen LogP contribution in [0.2, 0.25) is 0 Å². The van der Waals surface area contributed by atoms with Gasteiger partial charge in [0, 0.05) is 18.0 Å². The summed E-state index contributed by atoms with van der Waals surface area (Å²) < 4.78 is 5.83. The number of rotatable bonds is 2. The van der Waals surface area contributed by atoms with Crippen LogP contribution in [-0.2, 0) is 4.74 Å². The van der Waals surface area contributed by atoms with Crippen LogP contribution < -0.4 is 0 Å². The zero-order valence-corrected chi connectivity index (χ0v) is 15.6. The standard InChI is InChI=1S/C23H25NO3/c1-23(26)12-15-10-11-16(13-23)24(15)22(25)27-14-21-19-8-4-2-6-17(19)18-7-3-5-9-20(18)21/h2-9,15-16,21,26H,10-14H2,1H3. The van der Waals surface area contributed by atoms with Gasteiger partial charge in [-0.25, -0.2) is 4.79 Å². The fraction of sp³-hybridized carbons (Fsp3) is 0.435. The second-order valence-corrected chi connectivity index (χ2v) is 8.50. The minimum absolute atomic E-state index is 0.0897. The van der Waals surface area contributed by atoms with Crippen LogP contribution in [-0.4, -0.2) is 40.4 Å². The van der Waals surface area contributed by atoms with Gasteiger partial charge in [-0.3, -0.25) is 0 Å². The fourth-order valence-corrected chi connectivity index (χ4v) is 5.43. The molecule has 2 heterocycles. The van der Waals surface area contributed by atoms with Gasteiger partial charge in [0.05, 0.1) is 5.60 Å². The van der Waals surface area contributed by atoms with Crippen LogP contribution in [0, 0.1) is 0 Å². The molecule has 1 aliphatic carbocycles. The number of nitrogens with zero attached hydrogens (tertiary/aromatic N) is 1. The molecule has 2 atom stereocenters. The minimum atomic E-state index is -0.661. The maximum Gasteiger partial charge on any atom is 0.410 e. The lowest BCUT2D eigenvalue weighted by atomic mass is 9.88. The first-order chi connectivity index (χ1) is 13.0. The Morgan fingerprint density at radius 3 is 2.11 bits per heavy atom. The maximum atomic E-state index is 12.9. The van der Waals surface area contributed by atoms with Crippen molar-refractivity contribution >= 4 is 6.09 Å². The number of carbonyl (C=O) groups is 1. The summed E-state index contributed by atoms with van der Waals surface area (Å²) in [6.07, 6.45) is 3.00. The lowest BCUT2D eigenvalue weighted by Crippen LogP contribution is -2.52. The van der Waals surface area contributed by atoms with Gasteiger partial charge in [0.25, 0.3) is 0 Å². The number of carbonyl (C=O) groups excluding carboxylic acids is 1. The summed E-state index contributed by atoms with van der Waals surface area (Å²) in [7, 11) is 0. The highest BCUT2D eigenvalue weighted by Crippen LogP contribution is 2.45. The Morgan fingerprint density at radius 1 is 1.04 bits per heavy atom. The molecular formula is C23H25NO3. The highest BCUT2D eigenvalue weighted by Gasteiger charge is 2.48. The Hall–Kier alpha value is -2.33. The molecule has 2 fully saturated rings. The average molecular weight is 363 g/mol. The summed E-state index contributed by atoms with van der Waals surface area (Å²) >= 11 is 0. The minimum Gasteiger partial charge on any atom is -0.448 e. The summed E-state index contributed by atoms with van der Waals surface area (Å²) in [4.78, 5) is 14.8. The van der Waals surface area contributed by atoms with Crippen molar-refractivity contribution in [3.05, 3.63) is 59.7 Å². The monoisotopic (exact) mass is 363 g/mol. The fourth-order valence-electron chi connectivity index (χ4n) is 5.43. The van der Waals surface area contributed by atoms with E-state index in [-0.39, 0.29) is 24.1 Å². The molecule has 2 aromatic rings. The van der Waals surface area contributed by atoms with E-state index in [4.69, 9.17) is 4.74 Å². The van der Waals surface area contributed by atoms with Crippen molar-refractivity contribution in [2.75, 3.05) is 6.61 Å². The van der Waals surface area contributed by atoms with Gasteiger partial charge < -0.3 is 14.7 Å². The zero-order chi connectivity index (χ0) is 18.6. The van der Waals surface area contributed by atoms with E-state index in [9.17, 15) is 9.90 Å². The predicted molar refractivity (Wildman–Crippen MR) is 104 cm³/mol. The van der Waals surface area contributed by atoms with Crippen molar-refractivity contribution in [1.29, 1.82) is 0 Å². The van der Waals surface area contributed by atoms with Gasteiger partial charge >= 0.3 is 6.09 Å². The molecule has 4 nitrogen and oxygen atoms in total. The first kappa shape index (κ1) is 16.8. The predicted octanol–water partition coefficient (Wildman–Crippen LogP) is 4.31. The summed E-state index contributed by atoms with van der Waals surface area (Å²) in [5, 5.41) is 10.4. The number of hydrogen-bond donors (Lipinski definition) is 1. The molecule has 2 aromatic carbocycles. The summed E-state index contributed by atoms with van der Waals surface area (Å²) in [6.45, 7) is 2.24. The van der Waals surface area contributed by atoms with E-state index >= 15 is 0 Å². The molecule has 1 amide bonds. The van der Waals surface area contributed by atoms with Gasteiger partial charge in [-0.05, 0) is 54.9 Å². The van der Waals surface area contributed by atoms with Crippen molar-refractivity contribution in [3.63, 3.8) is 0 Å². The van der Waals surface area contributed by atoms with E-state index in [1.165, 1.54) is 22.3 Å². The van der Waals surface area contributed by atoms with Crippen LogP contribution in [0.25, 0.3) is 11.1 Å². The van der Waals surface area contributed by atoms with Gasteiger partial charge in [0.15, 0.2) is 0 Å². The lowest BCUT2D eigenvalue weighted by molar-refractivity contribution is -0.0357. The molecule has 2 aliphatic heterocycles. The van der Waals surface area contributed by atoms with Crippen molar-refractivity contribution < 1.29 is 14.6 Å². The summed E-state index contributed by atoms with van der Waals surface area (Å²) in [5.41, 5.74) is 4.28. The molecule has 140 valence electrons. The third-order valence-corrected chi connectivity index (χ3v) is 6.52. The lowest BCUT2D eigenvalue weighted by Gasteiger charge is -2.41. The SMILES string of the molecule is CC1(O)CC2CCC(C1)N2C(=O)OCC1c2ccccc2-c2ccccc21. The molecule has 0 saturated carbocycles. The smallest absolute Gasteiger partial charge is 0.410 e. The highest BCUT2D eigenvalue weighted by atomic mass is 16.6. The van der Waals surface area contributed by atoms with Crippen molar-refractivity contribution in [1.82, 2.24) is 4.90 Å². The van der Waals surface area contributed by atoms with Crippen LogP contribution >= 0.6 is 0 Å². The molecular weight excluding hydrogens is 338 g/mol. The van der Waals surface area contributed by atoms with Crippen molar-refractivity contribution in [3.8, 4) is 11.1 Å². The average Bonchev–Trinajstić information content (AvgIpc) is 3.12. The van der Waals surface area contributed by atoms with Gasteiger partial charge in [-0.15, -0.1) is 0 Å². The van der Waals surface area contributed by atoms with Crippen molar-refractivity contribution in [2.24, 2.45) is 0 Å². The molecule has 2 bridgehead atoms. The normalized spacial score (nSPS) is 28.7. The Kier molecular flexibility index (Phi) is 3.80. The molecule has 1 N–H and O–H groups in total. The highest BCUT2D eigenvalue weighted by molar-refractivity contribution is 5.79. The van der Waals surface area contributed by atoms with Crippen LogP contribution in [0.1, 0.15) is 49.7 Å². The topological polar surface area (TPSA) is 49.8 Å². The number of hydrogen-bond acceptors (Lipinski definition) is 3. The van der Waals surface area contributed by atoms with E-state index in [1.807, 2.05) is 24.0 Å². The molecule has 3 aliphatic rings. The Bertz CT molecular complexity index is 829. The number of benzene rings is 2. The quantitative estimate of drug-likeness (QED) is 0.865. The van der Waals surface area contributed by atoms with Gasteiger partial charge in [-0.1, -0.05) is 48.5 Å². The second kappa shape index (κ2) is 6.10. The molecule has 4 heteroatoms. The van der Waals surface area contributed by atoms with Gasteiger partial charge in [-0.2, -0.15) is 0 Å². The number of amides is 1. The molecule has 5 rings (SSSR count). The van der Waals surface area contributed by atoms with E-state index in [1.54, 1.807) is 0 Å². The van der Waals surface area contributed by atoms with E-state index in [0.717, 1.165) is 12.8 Å². The first-order valence-corrected chi connectivity index (χ1v) is 9.89. The molecule has 0 spiro atoms. The maximum absolute atomic E-state index is 12.9. The Balaban J connectivity index is 1.34. The van der Waals surface area contributed by atoms with E-state index in [2.05, 4.69) is 36.4 Å². The summed E-state index contributed by atoms with van der Waals surface area (Å²) in [6, 6.07) is 17.0. The van der Waals surface area contributed by atoms with E-state index < -0.39 is 5.60 Å². The molecule has 2 saturated heterocycles. The van der Waals surface area contributed by atoms with Gasteiger partial charge in [0.2, 0.25) is 0 Å². The first-order valence-electron chi connectivity index (χ1n) is 9.89. The molecule has 2 unspecified atom stereocenters. The number of fused-ring (bicyclic) bond motifs is 5. The van der Waals surface area contributed by atoms with E-state index in [0.29, 0.717) is 19.4 Å². The van der Waals surface area contributed by atoms with Crippen LogP contribution in [0.5, 0.6) is 0 Å². The zero-order valence-electron chi connectivity index (χ0n) is 15.6. The number of piperidine rings is 1.